The first-order valence-corrected chi connectivity index (χ1v) is 10.3. The Kier molecular flexibility index (Phi) is 7.70. The van der Waals surface area contributed by atoms with E-state index in [1.807, 2.05) is 24.3 Å². The first-order valence-electron chi connectivity index (χ1n) is 9.47. The third-order valence-electron chi connectivity index (χ3n) is 4.77. The summed E-state index contributed by atoms with van der Waals surface area (Å²) in [5.74, 6) is 1.06. The smallest absolute Gasteiger partial charge is 0.143 e. The SMILES string of the molecule is CN(C[C@H](O)[C@@H](O)[C@H](O)[C@H](O)CO)c1cc2ncnc(Nc3cccc(Br)c3)c2cn1. The van der Waals surface area contributed by atoms with Crippen molar-refractivity contribution in [3.8, 4) is 0 Å². The largest absolute Gasteiger partial charge is 0.394 e. The molecule has 0 saturated carbocycles. The van der Waals surface area contributed by atoms with E-state index in [1.165, 1.54) is 6.33 Å². The Bertz CT molecular complexity index is 1030. The molecule has 0 bridgehead atoms. The highest BCUT2D eigenvalue weighted by molar-refractivity contribution is 9.10. The van der Waals surface area contributed by atoms with Crippen molar-refractivity contribution in [3.05, 3.63) is 47.3 Å². The number of rotatable bonds is 9. The summed E-state index contributed by atoms with van der Waals surface area (Å²) < 4.78 is 0.926. The third-order valence-corrected chi connectivity index (χ3v) is 5.26. The number of hydrogen-bond acceptors (Lipinski definition) is 10. The van der Waals surface area contributed by atoms with Crippen LogP contribution in [0.25, 0.3) is 10.9 Å². The Morgan fingerprint density at radius 1 is 1.03 bits per heavy atom. The lowest BCUT2D eigenvalue weighted by Gasteiger charge is -2.29. The van der Waals surface area contributed by atoms with E-state index in [2.05, 4.69) is 36.2 Å². The topological polar surface area (TPSA) is 155 Å². The fraction of sp³-hybridized carbons (Fsp3) is 0.350. The summed E-state index contributed by atoms with van der Waals surface area (Å²) in [5, 5.41) is 52.2. The number of halogens is 1. The van der Waals surface area contributed by atoms with Gasteiger partial charge >= 0.3 is 0 Å². The lowest BCUT2D eigenvalue weighted by molar-refractivity contribution is -0.112. The van der Waals surface area contributed by atoms with Gasteiger partial charge in [0.15, 0.2) is 0 Å². The molecule has 0 aliphatic heterocycles. The van der Waals surface area contributed by atoms with Gasteiger partial charge in [-0.25, -0.2) is 15.0 Å². The molecule has 0 aliphatic carbocycles. The van der Waals surface area contributed by atoms with Crippen molar-refractivity contribution < 1.29 is 25.5 Å². The molecular formula is C20H24BrN5O5. The number of fused-ring (bicyclic) bond motifs is 1. The third kappa shape index (κ3) is 5.64. The molecule has 2 heterocycles. The molecule has 3 aromatic rings. The quantitative estimate of drug-likeness (QED) is 0.246. The maximum absolute atomic E-state index is 10.2. The number of hydrogen-bond donors (Lipinski definition) is 6. The van der Waals surface area contributed by atoms with Crippen molar-refractivity contribution in [3.63, 3.8) is 0 Å². The van der Waals surface area contributed by atoms with Crippen LogP contribution >= 0.6 is 15.9 Å². The molecule has 4 atom stereocenters. The Morgan fingerprint density at radius 2 is 1.77 bits per heavy atom. The number of nitrogens with one attached hydrogen (secondary N) is 1. The van der Waals surface area contributed by atoms with Crippen molar-refractivity contribution in [1.82, 2.24) is 15.0 Å². The number of nitrogens with zero attached hydrogens (tertiary/aromatic N) is 4. The number of aliphatic hydroxyl groups excluding tert-OH is 5. The van der Waals surface area contributed by atoms with Crippen LogP contribution in [0.1, 0.15) is 0 Å². The van der Waals surface area contributed by atoms with Gasteiger partial charge in [0.2, 0.25) is 0 Å². The van der Waals surface area contributed by atoms with Gasteiger partial charge in [-0.15, -0.1) is 0 Å². The lowest BCUT2D eigenvalue weighted by atomic mass is 10.0. The predicted octanol–water partition coefficient (Wildman–Crippen LogP) is 0.403. The van der Waals surface area contributed by atoms with E-state index in [0.29, 0.717) is 22.5 Å². The van der Waals surface area contributed by atoms with Crippen LogP contribution in [0.3, 0.4) is 0 Å². The minimum atomic E-state index is -1.68. The molecule has 31 heavy (non-hydrogen) atoms. The van der Waals surface area contributed by atoms with E-state index >= 15 is 0 Å². The average molecular weight is 494 g/mol. The molecule has 0 fully saturated rings. The van der Waals surface area contributed by atoms with Crippen LogP contribution in [0.5, 0.6) is 0 Å². The van der Waals surface area contributed by atoms with Crippen molar-refractivity contribution in [1.29, 1.82) is 0 Å². The van der Waals surface area contributed by atoms with Crippen molar-refractivity contribution in [2.24, 2.45) is 0 Å². The molecular weight excluding hydrogens is 470 g/mol. The number of likely N-dealkylation sites (N-methyl/N-ethyl adjacent to an activating group) is 1. The normalized spacial score (nSPS) is 15.3. The highest BCUT2D eigenvalue weighted by Crippen LogP contribution is 2.26. The molecule has 166 valence electrons. The summed E-state index contributed by atoms with van der Waals surface area (Å²) in [6, 6.07) is 9.35. The Balaban J connectivity index is 1.76. The lowest BCUT2D eigenvalue weighted by Crippen LogP contribution is -2.49. The molecule has 11 heteroatoms. The van der Waals surface area contributed by atoms with Gasteiger partial charge in [0.25, 0.3) is 0 Å². The zero-order valence-corrected chi connectivity index (χ0v) is 18.3. The summed E-state index contributed by atoms with van der Waals surface area (Å²) in [6.45, 7) is -0.813. The number of benzene rings is 1. The molecule has 0 unspecified atom stereocenters. The van der Waals surface area contributed by atoms with E-state index in [4.69, 9.17) is 5.11 Å². The molecule has 0 aliphatic rings. The van der Waals surface area contributed by atoms with Gasteiger partial charge < -0.3 is 35.7 Å². The summed E-state index contributed by atoms with van der Waals surface area (Å²) >= 11 is 3.43. The predicted molar refractivity (Wildman–Crippen MR) is 119 cm³/mol. The number of anilines is 3. The first kappa shape index (κ1) is 23.3. The van der Waals surface area contributed by atoms with Crippen LogP contribution in [-0.2, 0) is 0 Å². The van der Waals surface area contributed by atoms with Crippen LogP contribution < -0.4 is 10.2 Å². The standard InChI is InChI=1S/C20H24BrN5O5/c1-26(8-15(28)18(30)19(31)16(29)9-27)17-6-14-13(7-22-17)20(24-10-23-14)25-12-4-2-3-11(21)5-12/h2-7,10,15-16,18-19,27-31H,8-9H2,1H3,(H,23,24,25)/t15-,16+,18+,19+/m0/s1. The number of pyridine rings is 1. The van der Waals surface area contributed by atoms with Crippen LogP contribution in [0.15, 0.2) is 47.3 Å². The summed E-state index contributed by atoms with van der Waals surface area (Å²) in [6.07, 6.45) is -3.24. The minimum absolute atomic E-state index is 0.0802. The molecule has 0 saturated heterocycles. The minimum Gasteiger partial charge on any atom is -0.394 e. The zero-order chi connectivity index (χ0) is 22.5. The molecule has 6 N–H and O–H groups in total. The van der Waals surface area contributed by atoms with Crippen molar-refractivity contribution >= 4 is 44.2 Å². The van der Waals surface area contributed by atoms with Crippen LogP contribution in [-0.4, -0.2) is 85.1 Å². The van der Waals surface area contributed by atoms with Crippen LogP contribution in [0.4, 0.5) is 17.3 Å². The number of aliphatic hydroxyl groups is 5. The maximum atomic E-state index is 10.2. The van der Waals surface area contributed by atoms with Gasteiger partial charge in [-0.05, 0) is 18.2 Å². The molecule has 0 amide bonds. The maximum Gasteiger partial charge on any atom is 0.143 e. The Labute approximate surface area is 187 Å². The summed E-state index contributed by atoms with van der Waals surface area (Å²) in [5.41, 5.74) is 1.46. The van der Waals surface area contributed by atoms with Gasteiger partial charge in [-0.1, -0.05) is 22.0 Å². The molecule has 0 radical (unpaired) electrons. The highest BCUT2D eigenvalue weighted by Gasteiger charge is 2.30. The monoisotopic (exact) mass is 493 g/mol. The summed E-state index contributed by atoms with van der Waals surface area (Å²) in [7, 11) is 1.65. The van der Waals surface area contributed by atoms with Gasteiger partial charge in [0.05, 0.1) is 23.6 Å². The van der Waals surface area contributed by atoms with Crippen molar-refractivity contribution in [2.45, 2.75) is 24.4 Å². The second-order valence-electron chi connectivity index (χ2n) is 7.10. The Morgan fingerprint density at radius 3 is 2.48 bits per heavy atom. The molecule has 3 rings (SSSR count). The zero-order valence-electron chi connectivity index (χ0n) is 16.7. The van der Waals surface area contributed by atoms with Crippen LogP contribution in [0.2, 0.25) is 0 Å². The second kappa shape index (κ2) is 10.3. The molecule has 10 nitrogen and oxygen atoms in total. The van der Waals surface area contributed by atoms with E-state index in [1.54, 1.807) is 24.2 Å². The average Bonchev–Trinajstić information content (AvgIpc) is 2.77. The summed E-state index contributed by atoms with van der Waals surface area (Å²) in [4.78, 5) is 14.5. The van der Waals surface area contributed by atoms with E-state index in [-0.39, 0.29) is 6.54 Å². The van der Waals surface area contributed by atoms with Crippen LogP contribution in [0, 0.1) is 0 Å². The van der Waals surface area contributed by atoms with Gasteiger partial charge in [0.1, 0.15) is 36.3 Å². The van der Waals surface area contributed by atoms with E-state index in [9.17, 15) is 20.4 Å². The molecule has 2 aromatic heterocycles. The van der Waals surface area contributed by atoms with Gasteiger partial charge in [-0.3, -0.25) is 0 Å². The first-order chi connectivity index (χ1) is 14.8. The second-order valence-corrected chi connectivity index (χ2v) is 8.01. The van der Waals surface area contributed by atoms with E-state index in [0.717, 1.165) is 10.2 Å². The van der Waals surface area contributed by atoms with Gasteiger partial charge in [-0.2, -0.15) is 0 Å². The Hall–Kier alpha value is -2.41. The van der Waals surface area contributed by atoms with Crippen molar-refractivity contribution in [2.75, 3.05) is 30.4 Å². The fourth-order valence-corrected chi connectivity index (χ4v) is 3.40. The molecule has 1 aromatic carbocycles. The number of aromatic nitrogens is 3. The fourth-order valence-electron chi connectivity index (χ4n) is 3.00. The van der Waals surface area contributed by atoms with Gasteiger partial charge in [0, 0.05) is 36.0 Å². The molecule has 0 spiro atoms. The van der Waals surface area contributed by atoms with E-state index < -0.39 is 31.0 Å². The highest BCUT2D eigenvalue weighted by atomic mass is 79.9.